The monoisotopic (exact) mass is 1570 g/mol. The van der Waals surface area contributed by atoms with Gasteiger partial charge >= 0.3 is 24.1 Å². The van der Waals surface area contributed by atoms with Crippen LogP contribution in [0.2, 0.25) is 0 Å². The van der Waals surface area contributed by atoms with Crippen LogP contribution in [0.5, 0.6) is 5.75 Å². The number of aromatic hydroxyl groups is 1. The predicted molar refractivity (Wildman–Crippen MR) is 370 cm³/mol. The minimum Gasteiger partial charge on any atom is -0.508 e. The highest BCUT2D eigenvalue weighted by atomic mass is 33.1. The van der Waals surface area contributed by atoms with Gasteiger partial charge in [0.25, 0.3) is 0 Å². The number of hydrogen-bond acceptors (Lipinski definition) is 25. The molecule has 0 saturated carbocycles. The molecule has 2 unspecified atom stereocenters. The van der Waals surface area contributed by atoms with Gasteiger partial charge in [-0.3, -0.25) is 71.9 Å². The van der Waals surface area contributed by atoms with E-state index in [4.69, 9.17) is 9.90 Å². The molecule has 4 fully saturated rings. The van der Waals surface area contributed by atoms with Crippen LogP contribution >= 0.6 is 43.2 Å². The third-order valence-corrected chi connectivity index (χ3v) is 20.4. The fourth-order valence-electron chi connectivity index (χ4n) is 9.32. The summed E-state index contributed by atoms with van der Waals surface area (Å²) in [7, 11) is 2.96. The van der Waals surface area contributed by atoms with Crippen molar-refractivity contribution in [3.05, 3.63) is 29.8 Å². The first-order valence-corrected chi connectivity index (χ1v) is 37.4. The first-order chi connectivity index (χ1) is 49.1. The van der Waals surface area contributed by atoms with Crippen LogP contribution in [0.4, 0.5) is 13.2 Å². The molecule has 38 nitrogen and oxygen atoms in total. The Kier molecular flexibility index (Phi) is 38.0. The standard InChI is InChI=1S/C58H87N15O21S4.C2HF3O2/c1-8-25(2)43-56(91)69-36-21-97-98-24-39(58(93)94)65-40(77)19-61-55(90)44(29(6)74)73-54(89)38(68-48(83)27(4)62-46(81)26(3)63-51(86)35(18-31-11-13-32(76)14-12-31)67-47(82)28(5)64-52(36)87)23-96-95-22-37(53(88)66-34(50(85)72-43)15-16-42(79)80)70-57(92)45(30(7)75)71-41(78)20-60-49(84)33-10-9-17-59-33;3-2(4,5)1(6)7/h11-14,25-30,33-39,43-45,59,74-76H,8-10,15-24H2,1-7H3,(H,60,84)(H,61,90)(H,62,81)(H,63,86)(H,64,87)(H,65,77)(H,66,88)(H,67,82)(H,68,83)(H,69,91)(H,70,92)(H,71,78)(H,72,85)(H,73,89)(H,79,80)(H,93,94);(H,6,7)/t25-,26-,27-,28-,29+,30+,33-,34-,35-,36-,37-,38-,39?,43-,44?,45-;/m0./s1. The Hall–Kier alpha value is -8.92. The Morgan fingerprint density at radius 1 is 0.600 bits per heavy atom. The van der Waals surface area contributed by atoms with Crippen molar-refractivity contribution in [3.63, 3.8) is 0 Å². The SMILES string of the molecule is CC[C@H](C)[C@@H]1NC(=O)[C@H](CCC(=O)O)NC(=O)[C@@H](NC(=O)[C@@H](NC(=O)CNC(=O)[C@@H]2CCCN2)[C@@H](C)O)CSSC[C@@H]2NC(=O)[C@H](C)NC(=O)[C@H](C)NC(=O)[C@H](Cc3ccc(O)cc3)NC(=O)[C@H](C)NC(=O)[C@H](CSSCC(C(=O)O)NC(=O)CNC(=O)C([C@@H](C)O)NC2=O)NC1=O.O=C(O)C(F)(F)F. The molecule has 4 saturated heterocycles. The lowest BCUT2D eigenvalue weighted by atomic mass is 9.97. The number of aliphatic hydroxyl groups is 2. The fraction of sp³-hybridized carbons (Fsp3) is 0.617. The van der Waals surface area contributed by atoms with Crippen molar-refractivity contribution in [2.45, 2.75) is 184 Å². The van der Waals surface area contributed by atoms with Crippen LogP contribution in [0.15, 0.2) is 24.3 Å². The molecule has 1 aromatic rings. The van der Waals surface area contributed by atoms with Gasteiger partial charge in [0.05, 0.1) is 31.3 Å². The number of halogens is 3. The van der Waals surface area contributed by atoms with E-state index in [-0.39, 0.29) is 18.6 Å². The molecule has 0 spiro atoms. The lowest BCUT2D eigenvalue weighted by Crippen LogP contribution is -2.62. The zero-order valence-electron chi connectivity index (χ0n) is 57.6. The lowest BCUT2D eigenvalue weighted by molar-refractivity contribution is -0.192. The number of carbonyl (C=O) groups is 17. The largest absolute Gasteiger partial charge is 0.508 e. The van der Waals surface area contributed by atoms with E-state index in [1.54, 1.807) is 6.92 Å². The number of rotatable bonds is 16. The Balaban J connectivity index is 0.00000388. The summed E-state index contributed by atoms with van der Waals surface area (Å²) in [5, 5.41) is 95.2. The maximum absolute atomic E-state index is 14.7. The first-order valence-electron chi connectivity index (χ1n) is 32.4. The van der Waals surface area contributed by atoms with E-state index in [0.29, 0.717) is 46.5 Å². The average Bonchev–Trinajstić information content (AvgIpc) is 1.25. The van der Waals surface area contributed by atoms with Crippen LogP contribution in [-0.2, 0) is 87.9 Å². The number of aliphatic hydroxyl groups excluding tert-OH is 2. The van der Waals surface area contributed by atoms with Gasteiger partial charge in [0.15, 0.2) is 0 Å². The van der Waals surface area contributed by atoms with E-state index in [1.165, 1.54) is 52.0 Å². The molecule has 45 heteroatoms. The normalized spacial score (nSPS) is 26.5. The topological polar surface area (TPSA) is 592 Å². The van der Waals surface area contributed by atoms with Gasteiger partial charge in [-0.2, -0.15) is 13.2 Å². The summed E-state index contributed by atoms with van der Waals surface area (Å²) in [5.41, 5.74) is 0.383. The number of phenolic OH excluding ortho intramolecular Hbond substituents is 1. The van der Waals surface area contributed by atoms with Gasteiger partial charge in [-0.25, -0.2) is 9.59 Å². The lowest BCUT2D eigenvalue weighted by Gasteiger charge is -2.29. The number of carbonyl (C=O) groups excluding carboxylic acids is 14. The second-order valence-electron chi connectivity index (χ2n) is 24.2. The number of nitrogens with one attached hydrogen (secondary N) is 15. The van der Waals surface area contributed by atoms with E-state index >= 15 is 0 Å². The molecule has 586 valence electrons. The van der Waals surface area contributed by atoms with Crippen molar-refractivity contribution < 1.29 is 125 Å². The molecule has 4 heterocycles. The third-order valence-electron chi connectivity index (χ3n) is 15.6. The molecule has 105 heavy (non-hydrogen) atoms. The van der Waals surface area contributed by atoms with Crippen molar-refractivity contribution in [2.75, 3.05) is 42.6 Å². The fourth-order valence-corrected chi connectivity index (χ4v) is 14.0. The number of aliphatic carboxylic acids is 3. The minimum absolute atomic E-state index is 0.137. The highest BCUT2D eigenvalue weighted by molar-refractivity contribution is 8.77. The molecule has 21 N–H and O–H groups in total. The molecule has 16 atom stereocenters. The number of carboxylic acids is 3. The number of hydrogen-bond donors (Lipinski definition) is 21. The summed E-state index contributed by atoms with van der Waals surface area (Å²) in [4.78, 5) is 229. The molecular formula is C60H88F3N15O23S4. The Labute approximate surface area is 614 Å². The van der Waals surface area contributed by atoms with Crippen LogP contribution < -0.4 is 79.8 Å². The quantitative estimate of drug-likeness (QED) is 0.0541. The van der Waals surface area contributed by atoms with Gasteiger partial charge in [-0.05, 0) is 84.0 Å². The van der Waals surface area contributed by atoms with Crippen molar-refractivity contribution >= 4 is 144 Å². The summed E-state index contributed by atoms with van der Waals surface area (Å²) in [5.74, 6) is -23.5. The highest BCUT2D eigenvalue weighted by Crippen LogP contribution is 2.26. The summed E-state index contributed by atoms with van der Waals surface area (Å²) in [6.07, 6.45) is -8.96. The molecule has 5 rings (SSSR count). The third kappa shape index (κ3) is 31.7. The van der Waals surface area contributed by atoms with E-state index in [9.17, 15) is 115 Å². The smallest absolute Gasteiger partial charge is 0.490 e. The maximum atomic E-state index is 14.7. The zero-order valence-corrected chi connectivity index (χ0v) is 60.9. The Morgan fingerprint density at radius 2 is 1.10 bits per heavy atom. The van der Waals surface area contributed by atoms with Gasteiger partial charge in [0.2, 0.25) is 82.7 Å². The molecule has 0 aliphatic carbocycles. The Morgan fingerprint density at radius 3 is 1.64 bits per heavy atom. The molecule has 0 aromatic heterocycles. The summed E-state index contributed by atoms with van der Waals surface area (Å²) in [6, 6.07) is -15.5. The van der Waals surface area contributed by atoms with Gasteiger partial charge < -0.3 is 110 Å². The van der Waals surface area contributed by atoms with E-state index in [0.717, 1.165) is 35.4 Å². The van der Waals surface area contributed by atoms with Crippen LogP contribution in [0.1, 0.15) is 86.1 Å². The van der Waals surface area contributed by atoms with Crippen molar-refractivity contribution in [2.24, 2.45) is 5.92 Å². The number of phenols is 1. The van der Waals surface area contributed by atoms with E-state index < -0.39 is 252 Å². The molecule has 1 aromatic carbocycles. The van der Waals surface area contributed by atoms with E-state index in [1.807, 2.05) is 0 Å². The minimum atomic E-state index is -5.08. The summed E-state index contributed by atoms with van der Waals surface area (Å²) >= 11 is 0. The number of benzene rings is 1. The van der Waals surface area contributed by atoms with Crippen molar-refractivity contribution in [1.29, 1.82) is 0 Å². The number of carboxylic acid groups (broad SMARTS) is 3. The molecular weight excluding hydrogens is 1480 g/mol. The van der Waals surface area contributed by atoms with Crippen molar-refractivity contribution in [3.8, 4) is 5.75 Å². The second-order valence-corrected chi connectivity index (χ2v) is 29.3. The number of amides is 14. The highest BCUT2D eigenvalue weighted by Gasteiger charge is 2.40. The second kappa shape index (κ2) is 44.1. The average molecular weight is 1570 g/mol. The zero-order chi connectivity index (χ0) is 79.2. The summed E-state index contributed by atoms with van der Waals surface area (Å²) < 4.78 is 31.7. The molecule has 0 radical (unpaired) electrons. The van der Waals surface area contributed by atoms with Gasteiger partial charge in [0.1, 0.15) is 78.3 Å². The maximum Gasteiger partial charge on any atom is 0.490 e. The van der Waals surface area contributed by atoms with Crippen LogP contribution in [-0.4, -0.2) is 271 Å². The van der Waals surface area contributed by atoms with Crippen LogP contribution in [0, 0.1) is 5.92 Å². The molecule has 4 aliphatic rings. The Bertz CT molecular complexity index is 3290. The summed E-state index contributed by atoms with van der Waals surface area (Å²) in [6.45, 7) is 7.91. The van der Waals surface area contributed by atoms with E-state index in [2.05, 4.69) is 79.8 Å². The van der Waals surface area contributed by atoms with Crippen LogP contribution in [0.3, 0.4) is 0 Å². The van der Waals surface area contributed by atoms with Gasteiger partial charge in [-0.15, -0.1) is 0 Å². The van der Waals surface area contributed by atoms with Crippen LogP contribution in [0.25, 0.3) is 0 Å². The van der Waals surface area contributed by atoms with Crippen molar-refractivity contribution in [1.82, 2.24) is 79.8 Å². The predicted octanol–water partition coefficient (Wildman–Crippen LogP) is -6.02. The first kappa shape index (κ1) is 90.3. The van der Waals surface area contributed by atoms with Gasteiger partial charge in [-0.1, -0.05) is 75.6 Å². The van der Waals surface area contributed by atoms with Gasteiger partial charge in [0, 0.05) is 35.9 Å². The number of fused-ring (bicyclic) bond motifs is 37. The molecule has 2 bridgehead atoms. The molecule has 4 aliphatic heterocycles. The number of alkyl halides is 3. The molecule has 14 amide bonds.